The van der Waals surface area contributed by atoms with Crippen molar-refractivity contribution in [2.24, 2.45) is 17.0 Å². The summed E-state index contributed by atoms with van der Waals surface area (Å²) in [4.78, 5) is 28.5. The largest absolute Gasteiger partial charge is 0.453 e. The van der Waals surface area contributed by atoms with Crippen LogP contribution >= 0.6 is 0 Å². The zero-order valence-corrected chi connectivity index (χ0v) is 22.6. The molecule has 1 heterocycles. The third-order valence-electron chi connectivity index (χ3n) is 6.46. The van der Waals surface area contributed by atoms with Crippen molar-refractivity contribution in [3.63, 3.8) is 0 Å². The molecular weight excluding hydrogens is 490 g/mol. The van der Waals surface area contributed by atoms with E-state index in [0.717, 1.165) is 6.42 Å². The zero-order valence-electron chi connectivity index (χ0n) is 22.6. The first kappa shape index (κ1) is 31.0. The van der Waals surface area contributed by atoms with Crippen LogP contribution in [0.3, 0.4) is 0 Å². The number of ether oxygens (including phenoxy) is 3. The van der Waals surface area contributed by atoms with Crippen LogP contribution in [0.15, 0.2) is 65.8 Å². The number of carbonyl (C=O) groups excluding carboxylic acids is 2. The summed E-state index contributed by atoms with van der Waals surface area (Å²) in [6.45, 7) is 7.58. The van der Waals surface area contributed by atoms with E-state index in [-0.39, 0.29) is 17.9 Å². The topological polar surface area (TPSA) is 124 Å². The van der Waals surface area contributed by atoms with Crippen LogP contribution in [-0.2, 0) is 19.0 Å². The van der Waals surface area contributed by atoms with Gasteiger partial charge >= 0.3 is 11.9 Å². The van der Waals surface area contributed by atoms with E-state index in [1.807, 2.05) is 32.9 Å². The Morgan fingerprint density at radius 2 is 1.58 bits per heavy atom. The van der Waals surface area contributed by atoms with Gasteiger partial charge in [0.15, 0.2) is 12.4 Å². The first-order valence-electron chi connectivity index (χ1n) is 12.8. The minimum atomic E-state index is -1.03. The van der Waals surface area contributed by atoms with Crippen molar-refractivity contribution in [2.45, 2.75) is 71.2 Å². The van der Waals surface area contributed by atoms with Gasteiger partial charge in [-0.15, -0.1) is 0 Å². The molecule has 2 aromatic carbocycles. The second-order valence-electron chi connectivity index (χ2n) is 9.08. The fraction of sp³-hybridized carbons (Fsp3) is 0.483. The fourth-order valence-electron chi connectivity index (χ4n) is 4.00. The predicted octanol–water partition coefficient (Wildman–Crippen LogP) is 4.23. The Hall–Kier alpha value is -3.27. The van der Waals surface area contributed by atoms with Gasteiger partial charge in [0.25, 0.3) is 0 Å². The molecule has 1 saturated heterocycles. The summed E-state index contributed by atoms with van der Waals surface area (Å²) < 4.78 is 16.1. The summed E-state index contributed by atoms with van der Waals surface area (Å²) in [7, 11) is 1.41. The lowest BCUT2D eigenvalue weighted by atomic mass is 9.97. The number of esters is 2. The molecule has 0 spiro atoms. The van der Waals surface area contributed by atoms with E-state index >= 15 is 0 Å². The number of hydrogen-bond donors (Lipinski definition) is 2. The average molecular weight is 530 g/mol. The highest BCUT2D eigenvalue weighted by Crippen LogP contribution is 2.30. The molecular formula is C29H39NO8. The zero-order chi connectivity index (χ0) is 28.1. The van der Waals surface area contributed by atoms with E-state index in [0.29, 0.717) is 17.5 Å². The van der Waals surface area contributed by atoms with Gasteiger partial charge in [-0.3, -0.25) is 0 Å². The first-order chi connectivity index (χ1) is 18.2. The van der Waals surface area contributed by atoms with Crippen LogP contribution in [0.5, 0.6) is 0 Å². The van der Waals surface area contributed by atoms with Gasteiger partial charge in [0, 0.05) is 11.8 Å². The maximum Gasteiger partial charge on any atom is 0.338 e. The summed E-state index contributed by atoms with van der Waals surface area (Å²) in [5, 5.41) is 23.3. The molecule has 0 aromatic heterocycles. The maximum absolute atomic E-state index is 12.0. The van der Waals surface area contributed by atoms with Gasteiger partial charge < -0.3 is 29.3 Å². The van der Waals surface area contributed by atoms with Gasteiger partial charge in [-0.1, -0.05) is 69.2 Å². The van der Waals surface area contributed by atoms with Gasteiger partial charge in [-0.25, -0.2) is 9.59 Å². The minimum absolute atomic E-state index is 0.00216. The third kappa shape index (κ3) is 8.93. The molecule has 1 fully saturated rings. The molecule has 208 valence electrons. The Morgan fingerprint density at radius 1 is 1.03 bits per heavy atom. The Morgan fingerprint density at radius 3 is 2.05 bits per heavy atom. The van der Waals surface area contributed by atoms with Crippen LogP contribution in [0.1, 0.15) is 61.3 Å². The SMILES string of the molecule is CC[C@@H](O)[C@@H](C)[C@H](C=NOC)OC(=O)c1ccccc1.CC[C@H]1OC(O)[C@H](OC(=O)c2ccccc2)[C@@H]1C. The van der Waals surface area contributed by atoms with Crippen molar-refractivity contribution in [3.05, 3.63) is 71.8 Å². The predicted molar refractivity (Wildman–Crippen MR) is 143 cm³/mol. The number of oxime groups is 1. The minimum Gasteiger partial charge on any atom is -0.453 e. The van der Waals surface area contributed by atoms with Crippen molar-refractivity contribution in [1.82, 2.24) is 0 Å². The molecule has 38 heavy (non-hydrogen) atoms. The molecule has 1 unspecified atom stereocenters. The quantitative estimate of drug-likeness (QED) is 0.266. The number of aliphatic hydroxyl groups excluding tert-OH is 2. The summed E-state index contributed by atoms with van der Waals surface area (Å²) >= 11 is 0. The lowest BCUT2D eigenvalue weighted by molar-refractivity contribution is -0.129. The van der Waals surface area contributed by atoms with Crippen molar-refractivity contribution < 1.29 is 38.9 Å². The van der Waals surface area contributed by atoms with Gasteiger partial charge in [-0.2, -0.15) is 0 Å². The summed E-state index contributed by atoms with van der Waals surface area (Å²) in [6.07, 6.45) is -0.151. The second kappa shape index (κ2) is 15.9. The highest BCUT2D eigenvalue weighted by Gasteiger charge is 2.42. The Kier molecular flexibility index (Phi) is 12.9. The molecule has 0 aliphatic carbocycles. The van der Waals surface area contributed by atoms with Gasteiger partial charge in [0.2, 0.25) is 0 Å². The van der Waals surface area contributed by atoms with Crippen molar-refractivity contribution in [3.8, 4) is 0 Å². The van der Waals surface area contributed by atoms with Gasteiger partial charge in [-0.05, 0) is 37.1 Å². The van der Waals surface area contributed by atoms with E-state index in [2.05, 4.69) is 9.99 Å². The molecule has 2 N–H and O–H groups in total. The number of benzene rings is 2. The molecule has 3 rings (SSSR count). The normalized spacial score (nSPS) is 23.0. The molecule has 2 aromatic rings. The highest BCUT2D eigenvalue weighted by molar-refractivity contribution is 5.90. The molecule has 0 bridgehead atoms. The van der Waals surface area contributed by atoms with Crippen LogP contribution in [0, 0.1) is 11.8 Å². The number of hydrogen-bond acceptors (Lipinski definition) is 9. The third-order valence-corrected chi connectivity index (χ3v) is 6.46. The lowest BCUT2D eigenvalue weighted by Crippen LogP contribution is -2.34. The highest BCUT2D eigenvalue weighted by atomic mass is 16.7. The van der Waals surface area contributed by atoms with Crippen molar-refractivity contribution >= 4 is 18.2 Å². The van der Waals surface area contributed by atoms with E-state index < -0.39 is 36.5 Å². The van der Waals surface area contributed by atoms with E-state index in [1.54, 1.807) is 55.5 Å². The number of aliphatic hydroxyl groups is 2. The standard InChI is InChI=1S/C15H21NO4.C14H18O4/c1-4-13(17)11(2)14(10-16-19-3)20-15(18)12-8-6-5-7-9-12;1-3-11-9(2)12(14(16)17-11)18-13(15)10-7-5-4-6-8-10/h5-11,13-14,17H,4H2,1-3H3;4-9,11-12,14,16H,3H2,1-2H3/t11-,13-,14+;9-,11-,12-,14?/m11/s1. The van der Waals surface area contributed by atoms with E-state index in [4.69, 9.17) is 14.2 Å². The molecule has 1 aliphatic rings. The Bertz CT molecular complexity index is 1000. The van der Waals surface area contributed by atoms with Crippen molar-refractivity contribution in [2.75, 3.05) is 7.11 Å². The van der Waals surface area contributed by atoms with Crippen LogP contribution < -0.4 is 0 Å². The van der Waals surface area contributed by atoms with Gasteiger partial charge in [0.1, 0.15) is 13.2 Å². The van der Waals surface area contributed by atoms with Gasteiger partial charge in [0.05, 0.1) is 29.5 Å². The molecule has 0 radical (unpaired) electrons. The lowest BCUT2D eigenvalue weighted by Gasteiger charge is -2.24. The van der Waals surface area contributed by atoms with Crippen LogP contribution in [-0.4, -0.2) is 66.2 Å². The molecule has 0 amide bonds. The number of carbonyl (C=O) groups is 2. The monoisotopic (exact) mass is 529 g/mol. The fourth-order valence-corrected chi connectivity index (χ4v) is 4.00. The Labute approximate surface area is 224 Å². The average Bonchev–Trinajstić information content (AvgIpc) is 3.23. The smallest absolute Gasteiger partial charge is 0.338 e. The summed E-state index contributed by atoms with van der Waals surface area (Å²) in [5.74, 6) is -1.15. The number of rotatable bonds is 10. The summed E-state index contributed by atoms with van der Waals surface area (Å²) in [6, 6.07) is 17.5. The van der Waals surface area contributed by atoms with E-state index in [1.165, 1.54) is 13.3 Å². The summed E-state index contributed by atoms with van der Waals surface area (Å²) in [5.41, 5.74) is 0.943. The number of nitrogens with zero attached hydrogens (tertiary/aromatic N) is 1. The van der Waals surface area contributed by atoms with Crippen LogP contribution in [0.4, 0.5) is 0 Å². The van der Waals surface area contributed by atoms with Crippen molar-refractivity contribution in [1.29, 1.82) is 0 Å². The Balaban J connectivity index is 0.000000268. The van der Waals surface area contributed by atoms with Crippen LogP contribution in [0.2, 0.25) is 0 Å². The molecule has 9 nitrogen and oxygen atoms in total. The second-order valence-corrected chi connectivity index (χ2v) is 9.08. The molecule has 9 heteroatoms. The molecule has 0 saturated carbocycles. The van der Waals surface area contributed by atoms with E-state index in [9.17, 15) is 19.8 Å². The first-order valence-corrected chi connectivity index (χ1v) is 12.8. The van der Waals surface area contributed by atoms with Crippen LogP contribution in [0.25, 0.3) is 0 Å². The molecule has 7 atom stereocenters. The molecule has 1 aliphatic heterocycles. The maximum atomic E-state index is 12.0.